The van der Waals surface area contributed by atoms with Crippen LogP contribution in [0.2, 0.25) is 0 Å². The molecular formula is C27H24N6O3. The van der Waals surface area contributed by atoms with Crippen LogP contribution in [0.5, 0.6) is 11.5 Å². The van der Waals surface area contributed by atoms with E-state index in [0.717, 1.165) is 5.56 Å². The molecule has 180 valence electrons. The van der Waals surface area contributed by atoms with Crippen LogP contribution in [0.25, 0.3) is 22.2 Å². The lowest BCUT2D eigenvalue weighted by molar-refractivity contribution is 0.0953. The fourth-order valence-corrected chi connectivity index (χ4v) is 3.86. The molecule has 0 aliphatic rings. The highest BCUT2D eigenvalue weighted by Crippen LogP contribution is 2.29. The lowest BCUT2D eigenvalue weighted by atomic mass is 10.2. The fraction of sp³-hybridized carbons (Fsp3) is 0.111. The maximum absolute atomic E-state index is 13.3. The summed E-state index contributed by atoms with van der Waals surface area (Å²) in [6.45, 7) is 2.58. The summed E-state index contributed by atoms with van der Waals surface area (Å²) >= 11 is 0. The molecule has 0 spiro atoms. The maximum Gasteiger partial charge on any atom is 0.257 e. The molecule has 0 saturated carbocycles. The number of para-hydroxylation sites is 2. The minimum absolute atomic E-state index is 0.0367. The average Bonchev–Trinajstić information content (AvgIpc) is 3.17. The second-order valence-electron chi connectivity index (χ2n) is 8.03. The van der Waals surface area contributed by atoms with E-state index in [1.165, 1.54) is 10.7 Å². The molecule has 3 aromatic carbocycles. The third-order valence-corrected chi connectivity index (χ3v) is 5.60. The molecule has 0 fully saturated rings. The first-order valence-corrected chi connectivity index (χ1v) is 11.4. The molecule has 9 heteroatoms. The highest BCUT2D eigenvalue weighted by atomic mass is 16.5. The Kier molecular flexibility index (Phi) is 6.19. The van der Waals surface area contributed by atoms with E-state index in [-0.39, 0.29) is 23.0 Å². The number of phenolic OH excluding ortho intramolecular Hbond substituents is 1. The van der Waals surface area contributed by atoms with E-state index >= 15 is 0 Å². The van der Waals surface area contributed by atoms with Gasteiger partial charge in [-0.25, -0.2) is 9.97 Å². The smallest absolute Gasteiger partial charge is 0.257 e. The molecule has 0 saturated heterocycles. The van der Waals surface area contributed by atoms with Gasteiger partial charge in [-0.1, -0.05) is 42.5 Å². The number of nitrogens with zero attached hydrogens (tertiary/aromatic N) is 4. The van der Waals surface area contributed by atoms with Gasteiger partial charge in [0, 0.05) is 6.54 Å². The number of hydrogen-bond donors (Lipinski definition) is 3. The van der Waals surface area contributed by atoms with Crippen molar-refractivity contribution in [1.29, 1.82) is 0 Å². The monoisotopic (exact) mass is 480 g/mol. The molecule has 0 aliphatic heterocycles. The predicted molar refractivity (Wildman–Crippen MR) is 139 cm³/mol. The molecular weight excluding hydrogens is 456 g/mol. The van der Waals surface area contributed by atoms with Gasteiger partial charge >= 0.3 is 0 Å². The summed E-state index contributed by atoms with van der Waals surface area (Å²) in [5.74, 6) is 0.127. The maximum atomic E-state index is 13.3. The van der Waals surface area contributed by atoms with Crippen LogP contribution in [0.3, 0.4) is 0 Å². The van der Waals surface area contributed by atoms with Gasteiger partial charge in [-0.2, -0.15) is 9.78 Å². The van der Waals surface area contributed by atoms with Gasteiger partial charge in [0.15, 0.2) is 17.1 Å². The summed E-state index contributed by atoms with van der Waals surface area (Å²) < 4.78 is 6.85. The SMILES string of the molecule is CCOc1cc(/C=N/n2c(N)c(C(=O)NCc3ccccc3)c3nc4ccccc4nc32)ccc1O. The van der Waals surface area contributed by atoms with E-state index in [2.05, 4.69) is 15.4 Å². The van der Waals surface area contributed by atoms with Crippen molar-refractivity contribution in [3.05, 3.63) is 89.5 Å². The van der Waals surface area contributed by atoms with Gasteiger partial charge in [-0.05, 0) is 48.4 Å². The highest BCUT2D eigenvalue weighted by molar-refractivity contribution is 6.10. The Hall–Kier alpha value is -4.92. The molecule has 0 bridgehead atoms. The van der Waals surface area contributed by atoms with Crippen LogP contribution in [0.4, 0.5) is 5.82 Å². The summed E-state index contributed by atoms with van der Waals surface area (Å²) in [7, 11) is 0. The quantitative estimate of drug-likeness (QED) is 0.301. The van der Waals surface area contributed by atoms with Gasteiger partial charge < -0.3 is 20.9 Å². The number of aromatic nitrogens is 3. The van der Waals surface area contributed by atoms with Crippen LogP contribution < -0.4 is 15.8 Å². The van der Waals surface area contributed by atoms with Gasteiger partial charge in [-0.15, -0.1) is 0 Å². The van der Waals surface area contributed by atoms with E-state index in [9.17, 15) is 9.90 Å². The van der Waals surface area contributed by atoms with Crippen LogP contribution in [0.15, 0.2) is 77.9 Å². The molecule has 0 unspecified atom stereocenters. The Morgan fingerprint density at radius 1 is 1.08 bits per heavy atom. The Morgan fingerprint density at radius 3 is 2.56 bits per heavy atom. The van der Waals surface area contributed by atoms with Crippen molar-refractivity contribution in [1.82, 2.24) is 20.0 Å². The number of ether oxygens (including phenoxy) is 1. The Bertz CT molecular complexity index is 1590. The zero-order chi connectivity index (χ0) is 25.1. The van der Waals surface area contributed by atoms with Gasteiger partial charge in [0.1, 0.15) is 16.9 Å². The molecule has 0 aliphatic carbocycles. The number of carbonyl (C=O) groups is 1. The lowest BCUT2D eigenvalue weighted by Gasteiger charge is -2.06. The van der Waals surface area contributed by atoms with Gasteiger partial charge in [0.2, 0.25) is 0 Å². The minimum Gasteiger partial charge on any atom is -0.504 e. The minimum atomic E-state index is -0.372. The molecule has 0 radical (unpaired) electrons. The summed E-state index contributed by atoms with van der Waals surface area (Å²) in [6, 6.07) is 21.9. The Balaban J connectivity index is 1.58. The van der Waals surface area contributed by atoms with Crippen LogP contribution in [0, 0.1) is 0 Å². The number of aromatic hydroxyl groups is 1. The molecule has 4 N–H and O–H groups in total. The van der Waals surface area contributed by atoms with E-state index in [0.29, 0.717) is 46.7 Å². The van der Waals surface area contributed by atoms with Gasteiger partial charge in [0.05, 0.1) is 23.9 Å². The molecule has 9 nitrogen and oxygen atoms in total. The van der Waals surface area contributed by atoms with Crippen molar-refractivity contribution >= 4 is 40.1 Å². The Morgan fingerprint density at radius 2 is 1.81 bits per heavy atom. The van der Waals surface area contributed by atoms with Crippen molar-refractivity contribution in [2.24, 2.45) is 5.10 Å². The third-order valence-electron chi connectivity index (χ3n) is 5.60. The van der Waals surface area contributed by atoms with E-state index in [1.54, 1.807) is 18.3 Å². The zero-order valence-corrected chi connectivity index (χ0v) is 19.5. The van der Waals surface area contributed by atoms with E-state index < -0.39 is 0 Å². The van der Waals surface area contributed by atoms with Crippen LogP contribution >= 0.6 is 0 Å². The van der Waals surface area contributed by atoms with E-state index in [4.69, 9.17) is 15.5 Å². The summed E-state index contributed by atoms with van der Waals surface area (Å²) in [4.78, 5) is 22.6. The van der Waals surface area contributed by atoms with Gasteiger partial charge in [-0.3, -0.25) is 4.79 Å². The molecule has 5 rings (SSSR count). The highest BCUT2D eigenvalue weighted by Gasteiger charge is 2.24. The fourth-order valence-electron chi connectivity index (χ4n) is 3.86. The summed E-state index contributed by atoms with van der Waals surface area (Å²) in [5, 5.41) is 17.4. The molecule has 36 heavy (non-hydrogen) atoms. The number of hydrogen-bond acceptors (Lipinski definition) is 7. The standard InChI is InChI=1S/C27H24N6O3/c1-2-36-22-14-18(12-13-21(22)34)16-30-33-25(28)23(27(35)29-15-17-8-4-3-5-9-17)24-26(33)32-20-11-7-6-10-19(20)31-24/h3-14,16,34H,2,15,28H2,1H3,(H,29,35)/b30-16+. The van der Waals surface area contributed by atoms with Crippen LogP contribution in [-0.4, -0.2) is 38.5 Å². The normalized spacial score (nSPS) is 11.4. The number of amides is 1. The number of rotatable bonds is 7. The van der Waals surface area contributed by atoms with Crippen molar-refractivity contribution in [3.63, 3.8) is 0 Å². The Labute approximate surface area is 206 Å². The average molecular weight is 481 g/mol. The zero-order valence-electron chi connectivity index (χ0n) is 19.5. The number of nitrogens with one attached hydrogen (secondary N) is 1. The first kappa shape index (κ1) is 22.9. The molecule has 0 atom stereocenters. The first-order valence-electron chi connectivity index (χ1n) is 11.4. The largest absolute Gasteiger partial charge is 0.504 e. The van der Waals surface area contributed by atoms with Crippen molar-refractivity contribution in [2.45, 2.75) is 13.5 Å². The summed E-state index contributed by atoms with van der Waals surface area (Å²) in [6.07, 6.45) is 1.56. The van der Waals surface area contributed by atoms with Crippen molar-refractivity contribution in [2.75, 3.05) is 12.3 Å². The number of benzene rings is 3. The molecule has 2 aromatic heterocycles. The number of nitrogens with two attached hydrogens (primary N) is 1. The molecule has 2 heterocycles. The predicted octanol–water partition coefficient (Wildman–Crippen LogP) is 4.08. The summed E-state index contributed by atoms with van der Waals surface area (Å²) in [5.41, 5.74) is 10.3. The lowest BCUT2D eigenvalue weighted by Crippen LogP contribution is -2.23. The topological polar surface area (TPSA) is 128 Å². The van der Waals surface area contributed by atoms with Crippen LogP contribution in [-0.2, 0) is 6.54 Å². The number of nitrogen functional groups attached to an aromatic ring is 1. The number of phenols is 1. The molecule has 5 aromatic rings. The van der Waals surface area contributed by atoms with E-state index in [1.807, 2.05) is 61.5 Å². The number of carbonyl (C=O) groups excluding carboxylic acids is 1. The number of fused-ring (bicyclic) bond motifs is 2. The second-order valence-corrected chi connectivity index (χ2v) is 8.03. The third kappa shape index (κ3) is 4.41. The van der Waals surface area contributed by atoms with Crippen LogP contribution in [0.1, 0.15) is 28.4 Å². The number of anilines is 1. The van der Waals surface area contributed by atoms with Gasteiger partial charge in [0.25, 0.3) is 5.91 Å². The first-order chi connectivity index (χ1) is 17.5. The van der Waals surface area contributed by atoms with Crippen molar-refractivity contribution < 1.29 is 14.6 Å². The molecule has 1 amide bonds. The second kappa shape index (κ2) is 9.75. The van der Waals surface area contributed by atoms with Crippen molar-refractivity contribution in [3.8, 4) is 11.5 Å².